The molecule has 0 saturated carbocycles. The van der Waals surface area contributed by atoms with Crippen LogP contribution in [-0.2, 0) is 4.79 Å². The van der Waals surface area contributed by atoms with Gasteiger partial charge < -0.3 is 10.6 Å². The Labute approximate surface area is 120 Å². The van der Waals surface area contributed by atoms with Crippen LogP contribution in [0, 0.1) is 13.8 Å². The molecule has 0 aliphatic rings. The minimum Gasteiger partial charge on any atom is -0.385 e. The molecule has 3 nitrogen and oxygen atoms in total. The van der Waals surface area contributed by atoms with Crippen LogP contribution < -0.4 is 10.6 Å². The standard InChI is InChI=1S/C17H20N2O/c1-13-6-8-15(9-7-13)19-17(20)10-11-18-16-5-3-4-14(2)12-16/h3-9,12,18H,10-11H2,1-2H3,(H,19,20). The number of anilines is 2. The van der Waals surface area contributed by atoms with Crippen LogP contribution in [0.5, 0.6) is 0 Å². The molecule has 3 heteroatoms. The Morgan fingerprint density at radius 2 is 1.70 bits per heavy atom. The highest BCUT2D eigenvalue weighted by molar-refractivity contribution is 5.90. The van der Waals surface area contributed by atoms with Crippen LogP contribution in [-0.4, -0.2) is 12.5 Å². The number of carbonyl (C=O) groups excluding carboxylic acids is 1. The molecule has 0 spiro atoms. The van der Waals surface area contributed by atoms with Gasteiger partial charge in [-0.05, 0) is 43.7 Å². The zero-order chi connectivity index (χ0) is 14.4. The first-order valence-corrected chi connectivity index (χ1v) is 6.80. The molecule has 0 bridgehead atoms. The number of nitrogens with one attached hydrogen (secondary N) is 2. The summed E-state index contributed by atoms with van der Waals surface area (Å²) >= 11 is 0. The molecule has 0 radical (unpaired) electrons. The molecule has 0 heterocycles. The van der Waals surface area contributed by atoms with Crippen LogP contribution in [0.4, 0.5) is 11.4 Å². The van der Waals surface area contributed by atoms with Gasteiger partial charge in [-0.3, -0.25) is 4.79 Å². The lowest BCUT2D eigenvalue weighted by atomic mass is 10.2. The third-order valence-corrected chi connectivity index (χ3v) is 3.03. The van der Waals surface area contributed by atoms with Crippen molar-refractivity contribution >= 4 is 17.3 Å². The van der Waals surface area contributed by atoms with E-state index in [9.17, 15) is 4.79 Å². The van der Waals surface area contributed by atoms with Crippen molar-refractivity contribution in [1.82, 2.24) is 0 Å². The van der Waals surface area contributed by atoms with E-state index in [0.29, 0.717) is 13.0 Å². The quantitative estimate of drug-likeness (QED) is 0.867. The molecule has 2 N–H and O–H groups in total. The Hall–Kier alpha value is -2.29. The predicted molar refractivity (Wildman–Crippen MR) is 84.1 cm³/mol. The third-order valence-electron chi connectivity index (χ3n) is 3.03. The van der Waals surface area contributed by atoms with Crippen LogP contribution >= 0.6 is 0 Å². The second kappa shape index (κ2) is 6.75. The lowest BCUT2D eigenvalue weighted by Crippen LogP contribution is -2.16. The molecular weight excluding hydrogens is 248 g/mol. The Morgan fingerprint density at radius 1 is 0.950 bits per heavy atom. The van der Waals surface area contributed by atoms with Gasteiger partial charge in [-0.2, -0.15) is 0 Å². The van der Waals surface area contributed by atoms with Crippen molar-refractivity contribution in [2.75, 3.05) is 17.2 Å². The van der Waals surface area contributed by atoms with Gasteiger partial charge in [0.05, 0.1) is 0 Å². The van der Waals surface area contributed by atoms with Gasteiger partial charge in [0.15, 0.2) is 0 Å². The first-order chi connectivity index (χ1) is 9.63. The summed E-state index contributed by atoms with van der Waals surface area (Å²) in [5, 5.41) is 6.14. The summed E-state index contributed by atoms with van der Waals surface area (Å²) in [6.45, 7) is 4.70. The highest BCUT2D eigenvalue weighted by atomic mass is 16.1. The lowest BCUT2D eigenvalue weighted by Gasteiger charge is -2.08. The van der Waals surface area contributed by atoms with Crippen molar-refractivity contribution < 1.29 is 4.79 Å². The molecule has 0 fully saturated rings. The monoisotopic (exact) mass is 268 g/mol. The topological polar surface area (TPSA) is 41.1 Å². The SMILES string of the molecule is Cc1ccc(NC(=O)CCNc2cccc(C)c2)cc1. The Kier molecular flexibility index (Phi) is 4.77. The van der Waals surface area contributed by atoms with Crippen LogP contribution in [0.1, 0.15) is 17.5 Å². The van der Waals surface area contributed by atoms with E-state index in [4.69, 9.17) is 0 Å². The predicted octanol–water partition coefficient (Wildman–Crippen LogP) is 3.74. The molecular formula is C17H20N2O. The van der Waals surface area contributed by atoms with Crippen molar-refractivity contribution in [3.05, 3.63) is 59.7 Å². The van der Waals surface area contributed by atoms with Crippen molar-refractivity contribution in [1.29, 1.82) is 0 Å². The number of aryl methyl sites for hydroxylation is 2. The van der Waals surface area contributed by atoms with Crippen LogP contribution in [0.15, 0.2) is 48.5 Å². The molecule has 1 amide bonds. The number of rotatable bonds is 5. The average Bonchev–Trinajstić information content (AvgIpc) is 2.41. The third kappa shape index (κ3) is 4.43. The molecule has 0 aromatic heterocycles. The first kappa shape index (κ1) is 14.1. The average molecular weight is 268 g/mol. The normalized spacial score (nSPS) is 10.1. The summed E-state index contributed by atoms with van der Waals surface area (Å²) < 4.78 is 0. The maximum absolute atomic E-state index is 11.8. The number of carbonyl (C=O) groups is 1. The van der Waals surface area contributed by atoms with E-state index in [1.165, 1.54) is 11.1 Å². The highest BCUT2D eigenvalue weighted by Gasteiger charge is 2.02. The maximum atomic E-state index is 11.8. The van der Waals surface area contributed by atoms with Crippen LogP contribution in [0.2, 0.25) is 0 Å². The molecule has 0 saturated heterocycles. The number of benzene rings is 2. The molecule has 0 atom stereocenters. The summed E-state index contributed by atoms with van der Waals surface area (Å²) in [7, 11) is 0. The van der Waals surface area contributed by atoms with Gasteiger partial charge in [-0.15, -0.1) is 0 Å². The van der Waals surface area contributed by atoms with Gasteiger partial charge in [-0.25, -0.2) is 0 Å². The van der Waals surface area contributed by atoms with E-state index in [2.05, 4.69) is 29.7 Å². The van der Waals surface area contributed by atoms with Gasteiger partial charge in [-0.1, -0.05) is 29.8 Å². The molecule has 2 aromatic rings. The molecule has 20 heavy (non-hydrogen) atoms. The van der Waals surface area contributed by atoms with Crippen LogP contribution in [0.3, 0.4) is 0 Å². The van der Waals surface area contributed by atoms with E-state index in [-0.39, 0.29) is 5.91 Å². The van der Waals surface area contributed by atoms with E-state index in [0.717, 1.165) is 11.4 Å². The van der Waals surface area contributed by atoms with E-state index in [1.54, 1.807) is 0 Å². The molecule has 2 aromatic carbocycles. The second-order valence-corrected chi connectivity index (χ2v) is 4.96. The molecule has 2 rings (SSSR count). The van der Waals surface area contributed by atoms with Crippen molar-refractivity contribution in [3.8, 4) is 0 Å². The Bertz CT molecular complexity index is 576. The molecule has 0 unspecified atom stereocenters. The zero-order valence-corrected chi connectivity index (χ0v) is 11.9. The van der Waals surface area contributed by atoms with Crippen LogP contribution in [0.25, 0.3) is 0 Å². The largest absolute Gasteiger partial charge is 0.385 e. The number of hydrogen-bond acceptors (Lipinski definition) is 2. The molecule has 0 aliphatic carbocycles. The summed E-state index contributed by atoms with van der Waals surface area (Å²) in [6, 6.07) is 15.9. The summed E-state index contributed by atoms with van der Waals surface area (Å²) in [5.41, 5.74) is 4.28. The fourth-order valence-electron chi connectivity index (χ4n) is 1.94. The minimum atomic E-state index is 0.0222. The first-order valence-electron chi connectivity index (χ1n) is 6.80. The Balaban J connectivity index is 1.76. The fraction of sp³-hybridized carbons (Fsp3) is 0.235. The van der Waals surface area contributed by atoms with E-state index < -0.39 is 0 Å². The van der Waals surface area contributed by atoms with E-state index >= 15 is 0 Å². The highest BCUT2D eigenvalue weighted by Crippen LogP contribution is 2.10. The van der Waals surface area contributed by atoms with Gasteiger partial charge in [0, 0.05) is 24.3 Å². The van der Waals surface area contributed by atoms with Gasteiger partial charge in [0.1, 0.15) is 0 Å². The van der Waals surface area contributed by atoms with Gasteiger partial charge in [0.25, 0.3) is 0 Å². The number of amides is 1. The smallest absolute Gasteiger partial charge is 0.226 e. The summed E-state index contributed by atoms with van der Waals surface area (Å²) in [6.07, 6.45) is 0.446. The van der Waals surface area contributed by atoms with Crippen molar-refractivity contribution in [3.63, 3.8) is 0 Å². The lowest BCUT2D eigenvalue weighted by molar-refractivity contribution is -0.115. The summed E-state index contributed by atoms with van der Waals surface area (Å²) in [4.78, 5) is 11.8. The number of hydrogen-bond donors (Lipinski definition) is 2. The Morgan fingerprint density at radius 3 is 2.40 bits per heavy atom. The van der Waals surface area contributed by atoms with E-state index in [1.807, 2.05) is 43.3 Å². The maximum Gasteiger partial charge on any atom is 0.226 e. The fourth-order valence-corrected chi connectivity index (χ4v) is 1.94. The second-order valence-electron chi connectivity index (χ2n) is 4.96. The minimum absolute atomic E-state index is 0.0222. The van der Waals surface area contributed by atoms with Crippen molar-refractivity contribution in [2.24, 2.45) is 0 Å². The zero-order valence-electron chi connectivity index (χ0n) is 11.9. The molecule has 0 aliphatic heterocycles. The summed E-state index contributed by atoms with van der Waals surface area (Å²) in [5.74, 6) is 0.0222. The van der Waals surface area contributed by atoms with Gasteiger partial charge in [0.2, 0.25) is 5.91 Å². The molecule has 104 valence electrons. The van der Waals surface area contributed by atoms with Crippen molar-refractivity contribution in [2.45, 2.75) is 20.3 Å². The van der Waals surface area contributed by atoms with Gasteiger partial charge >= 0.3 is 0 Å².